The van der Waals surface area contributed by atoms with Crippen LogP contribution in [0.15, 0.2) is 70.8 Å². The molecule has 1 fully saturated rings. The van der Waals surface area contributed by atoms with Crippen LogP contribution in [-0.4, -0.2) is 37.0 Å². The Bertz CT molecular complexity index is 1340. The lowest BCUT2D eigenvalue weighted by Crippen LogP contribution is -2.22. The molecule has 5 rings (SSSR count). The Hall–Kier alpha value is -3.83. The molecule has 2 aromatic heterocycles. The first-order valence-corrected chi connectivity index (χ1v) is 11.5. The molecule has 0 aliphatic carbocycles. The first-order valence-electron chi connectivity index (χ1n) is 10.7. The van der Waals surface area contributed by atoms with E-state index in [1.165, 1.54) is 42.4 Å². The number of carbonyl (C=O) groups is 1. The number of amides is 1. The molecule has 1 aliphatic rings. The molecule has 172 valence electrons. The predicted octanol–water partition coefficient (Wildman–Crippen LogP) is 4.84. The molecular weight excluding hydrogens is 456 g/mol. The van der Waals surface area contributed by atoms with Crippen molar-refractivity contribution in [2.45, 2.75) is 35.4 Å². The molecule has 1 amide bonds. The molecule has 4 aromatic rings. The number of anilines is 1. The molecule has 0 spiro atoms. The molecule has 10 nitrogen and oxygen atoms in total. The Morgan fingerprint density at radius 3 is 2.62 bits per heavy atom. The number of nitrogens with zero attached hydrogens (tertiary/aromatic N) is 5. The van der Waals surface area contributed by atoms with E-state index in [-0.39, 0.29) is 17.5 Å². The van der Waals surface area contributed by atoms with Crippen LogP contribution >= 0.6 is 11.8 Å². The standard InChI is InChI=1S/C23H20N6O4S/c30-21(15-9-11-16(12-10-15)29(31)32)27-23-26-19-20(28(23)18-8-4-5-13-33-18)24-14-25-22(19)34-17-6-2-1-3-7-17/h1-3,6-7,9-12,14,18H,4-5,8,13H2,(H,26,27,30). The van der Waals surface area contributed by atoms with Crippen molar-refractivity contribution >= 4 is 40.5 Å². The monoisotopic (exact) mass is 476 g/mol. The molecule has 1 N–H and O–H groups in total. The van der Waals surface area contributed by atoms with Crippen LogP contribution in [0.3, 0.4) is 0 Å². The summed E-state index contributed by atoms with van der Waals surface area (Å²) < 4.78 is 7.79. The Morgan fingerprint density at radius 1 is 1.12 bits per heavy atom. The lowest BCUT2D eigenvalue weighted by Gasteiger charge is -2.25. The van der Waals surface area contributed by atoms with Gasteiger partial charge in [-0.3, -0.25) is 24.8 Å². The number of fused-ring (bicyclic) bond motifs is 1. The zero-order valence-electron chi connectivity index (χ0n) is 18.0. The van der Waals surface area contributed by atoms with E-state index in [0.717, 1.165) is 24.2 Å². The number of rotatable bonds is 6. The van der Waals surface area contributed by atoms with Crippen molar-refractivity contribution in [2.75, 3.05) is 11.9 Å². The van der Waals surface area contributed by atoms with Gasteiger partial charge in [0.2, 0.25) is 5.95 Å². The fraction of sp³-hybridized carbons (Fsp3) is 0.217. The van der Waals surface area contributed by atoms with E-state index in [4.69, 9.17) is 9.72 Å². The molecule has 0 bridgehead atoms. The average Bonchev–Trinajstić information content (AvgIpc) is 3.24. The summed E-state index contributed by atoms with van der Waals surface area (Å²) in [6, 6.07) is 15.2. The van der Waals surface area contributed by atoms with Crippen LogP contribution in [-0.2, 0) is 4.74 Å². The number of nitrogens with one attached hydrogen (secondary N) is 1. The SMILES string of the molecule is O=C(Nc1nc2c(Sc3ccccc3)ncnc2n1C1CCCCO1)c1ccc([N+](=O)[O-])cc1. The number of non-ortho nitro benzene ring substituents is 1. The maximum absolute atomic E-state index is 13.0. The number of hydrogen-bond donors (Lipinski definition) is 1. The summed E-state index contributed by atoms with van der Waals surface area (Å²) in [5, 5.41) is 14.4. The van der Waals surface area contributed by atoms with Crippen LogP contribution in [0.5, 0.6) is 0 Å². The molecule has 0 radical (unpaired) electrons. The van der Waals surface area contributed by atoms with Gasteiger partial charge in [0, 0.05) is 29.2 Å². The van der Waals surface area contributed by atoms with E-state index >= 15 is 0 Å². The molecule has 2 aromatic carbocycles. The van der Waals surface area contributed by atoms with Gasteiger partial charge >= 0.3 is 0 Å². The normalized spacial score (nSPS) is 15.8. The number of ether oxygens (including phenoxy) is 1. The first kappa shape index (κ1) is 22.0. The summed E-state index contributed by atoms with van der Waals surface area (Å²) in [5.41, 5.74) is 1.32. The molecule has 1 saturated heterocycles. The van der Waals surface area contributed by atoms with Gasteiger partial charge < -0.3 is 4.74 Å². The summed E-state index contributed by atoms with van der Waals surface area (Å²) in [6.45, 7) is 0.608. The number of aromatic nitrogens is 4. The largest absolute Gasteiger partial charge is 0.358 e. The van der Waals surface area contributed by atoms with Gasteiger partial charge in [-0.2, -0.15) is 0 Å². The predicted molar refractivity (Wildman–Crippen MR) is 126 cm³/mol. The molecule has 1 unspecified atom stereocenters. The van der Waals surface area contributed by atoms with Crippen LogP contribution in [0.2, 0.25) is 0 Å². The number of imidazole rings is 1. The summed E-state index contributed by atoms with van der Waals surface area (Å²) in [4.78, 5) is 38.0. The van der Waals surface area contributed by atoms with Crippen LogP contribution < -0.4 is 5.32 Å². The molecular formula is C23H20N6O4S. The Kier molecular flexibility index (Phi) is 6.19. The van der Waals surface area contributed by atoms with Gasteiger partial charge in [-0.15, -0.1) is 0 Å². The Morgan fingerprint density at radius 2 is 1.91 bits per heavy atom. The van der Waals surface area contributed by atoms with E-state index in [1.807, 2.05) is 30.3 Å². The van der Waals surface area contributed by atoms with E-state index in [0.29, 0.717) is 28.7 Å². The second kappa shape index (κ2) is 9.57. The van der Waals surface area contributed by atoms with Crippen molar-refractivity contribution < 1.29 is 14.5 Å². The average molecular weight is 477 g/mol. The summed E-state index contributed by atoms with van der Waals surface area (Å²) in [7, 11) is 0. The lowest BCUT2D eigenvalue weighted by atomic mass is 10.2. The van der Waals surface area contributed by atoms with Gasteiger partial charge in [-0.05, 0) is 43.5 Å². The van der Waals surface area contributed by atoms with E-state index < -0.39 is 10.8 Å². The third-order valence-corrected chi connectivity index (χ3v) is 6.41. The van der Waals surface area contributed by atoms with Crippen LogP contribution in [0, 0.1) is 10.1 Å². The second-order valence-corrected chi connectivity index (χ2v) is 8.71. The number of hydrogen-bond acceptors (Lipinski definition) is 8. The van der Waals surface area contributed by atoms with Crippen molar-refractivity contribution in [1.29, 1.82) is 0 Å². The highest BCUT2D eigenvalue weighted by Gasteiger charge is 2.26. The zero-order valence-corrected chi connectivity index (χ0v) is 18.8. The second-order valence-electron chi connectivity index (χ2n) is 7.65. The lowest BCUT2D eigenvalue weighted by molar-refractivity contribution is -0.384. The fourth-order valence-electron chi connectivity index (χ4n) is 3.76. The molecule has 3 heterocycles. The van der Waals surface area contributed by atoms with E-state index in [1.54, 1.807) is 4.57 Å². The summed E-state index contributed by atoms with van der Waals surface area (Å²) >= 11 is 1.46. The highest BCUT2D eigenvalue weighted by atomic mass is 32.2. The minimum Gasteiger partial charge on any atom is -0.358 e. The van der Waals surface area contributed by atoms with Crippen LogP contribution in [0.1, 0.15) is 35.8 Å². The maximum atomic E-state index is 13.0. The first-order chi connectivity index (χ1) is 16.6. The molecule has 1 aliphatic heterocycles. The highest BCUT2D eigenvalue weighted by Crippen LogP contribution is 2.35. The highest BCUT2D eigenvalue weighted by molar-refractivity contribution is 7.99. The quantitative estimate of drug-likeness (QED) is 0.238. The number of nitro groups is 1. The van der Waals surface area contributed by atoms with Crippen molar-refractivity contribution in [2.24, 2.45) is 0 Å². The fourth-order valence-corrected chi connectivity index (χ4v) is 4.61. The number of carbonyl (C=O) groups excluding carboxylic acids is 1. The molecule has 0 saturated carbocycles. The van der Waals surface area contributed by atoms with Crippen molar-refractivity contribution in [3.8, 4) is 0 Å². The Balaban J connectivity index is 1.53. The molecule has 34 heavy (non-hydrogen) atoms. The van der Waals surface area contributed by atoms with Gasteiger partial charge in [0.1, 0.15) is 23.1 Å². The van der Waals surface area contributed by atoms with Gasteiger partial charge in [-0.1, -0.05) is 30.0 Å². The van der Waals surface area contributed by atoms with Gasteiger partial charge in [0.15, 0.2) is 5.65 Å². The van der Waals surface area contributed by atoms with Crippen LogP contribution in [0.25, 0.3) is 11.2 Å². The van der Waals surface area contributed by atoms with Gasteiger partial charge in [0.05, 0.1) is 4.92 Å². The van der Waals surface area contributed by atoms with Crippen molar-refractivity contribution in [3.05, 3.63) is 76.6 Å². The van der Waals surface area contributed by atoms with Gasteiger partial charge in [0.25, 0.3) is 11.6 Å². The third kappa shape index (κ3) is 4.47. The number of nitro benzene ring substituents is 1. The van der Waals surface area contributed by atoms with Crippen molar-refractivity contribution in [1.82, 2.24) is 19.5 Å². The smallest absolute Gasteiger partial charge is 0.269 e. The zero-order chi connectivity index (χ0) is 23.5. The Labute approximate surface area is 198 Å². The topological polar surface area (TPSA) is 125 Å². The van der Waals surface area contributed by atoms with Crippen molar-refractivity contribution in [3.63, 3.8) is 0 Å². The third-order valence-electron chi connectivity index (χ3n) is 5.41. The summed E-state index contributed by atoms with van der Waals surface area (Å²) in [6.07, 6.45) is 3.87. The van der Waals surface area contributed by atoms with Gasteiger partial charge in [-0.25, -0.2) is 15.0 Å². The maximum Gasteiger partial charge on any atom is 0.269 e. The van der Waals surface area contributed by atoms with E-state index in [9.17, 15) is 14.9 Å². The number of benzene rings is 2. The molecule has 1 atom stereocenters. The minimum absolute atomic E-state index is 0.0859. The molecule has 11 heteroatoms. The van der Waals surface area contributed by atoms with Crippen LogP contribution in [0.4, 0.5) is 11.6 Å². The van der Waals surface area contributed by atoms with E-state index in [2.05, 4.69) is 15.3 Å². The summed E-state index contributed by atoms with van der Waals surface area (Å²) in [5.74, 6) is -0.145. The minimum atomic E-state index is -0.508.